The molecule has 1 fully saturated rings. The normalized spacial score (nSPS) is 20.3. The first-order valence-corrected chi connectivity index (χ1v) is 11.7. The number of aromatic nitrogens is 1. The molecule has 0 spiro atoms. The highest BCUT2D eigenvalue weighted by molar-refractivity contribution is 7.09. The first-order valence-electron chi connectivity index (χ1n) is 10.5. The van der Waals surface area contributed by atoms with Crippen molar-refractivity contribution in [2.45, 2.75) is 64.7 Å². The third-order valence-electron chi connectivity index (χ3n) is 5.96. The third-order valence-corrected chi connectivity index (χ3v) is 7.58. The van der Waals surface area contributed by atoms with Crippen LogP contribution in [0.1, 0.15) is 63.1 Å². The third kappa shape index (κ3) is 4.05. The highest BCUT2D eigenvalue weighted by atomic mass is 35.5. The van der Waals surface area contributed by atoms with Crippen LogP contribution in [0.25, 0.3) is 0 Å². The minimum atomic E-state index is -0.423. The monoisotopic (exact) mass is 458 g/mol. The molecule has 1 aromatic carbocycles. The quantitative estimate of drug-likeness (QED) is 0.352. The minimum absolute atomic E-state index is 0.292. The topological polar surface area (TPSA) is 71.9 Å². The van der Waals surface area contributed by atoms with E-state index in [1.165, 1.54) is 29.8 Å². The van der Waals surface area contributed by atoms with Crippen molar-refractivity contribution >= 4 is 28.8 Å². The van der Waals surface area contributed by atoms with Crippen molar-refractivity contribution in [3.8, 4) is 11.9 Å². The van der Waals surface area contributed by atoms with Crippen molar-refractivity contribution in [2.24, 2.45) is 15.9 Å². The maximum absolute atomic E-state index is 9.36. The lowest BCUT2D eigenvalue weighted by molar-refractivity contribution is -0.107. The molecule has 6 nitrogen and oxygen atoms in total. The number of methoxy groups -OCH3 is 1. The Bertz CT molecular complexity index is 1150. The Morgan fingerprint density at radius 2 is 2.06 bits per heavy atom. The van der Waals surface area contributed by atoms with Gasteiger partial charge in [0.1, 0.15) is 11.4 Å². The van der Waals surface area contributed by atoms with E-state index in [1.54, 1.807) is 36.6 Å². The molecule has 1 aromatic heterocycles. The minimum Gasteiger partial charge on any atom is -0.496 e. The molecule has 164 valence electrons. The van der Waals surface area contributed by atoms with Crippen LogP contribution in [-0.2, 0) is 22.5 Å². The van der Waals surface area contributed by atoms with E-state index in [4.69, 9.17) is 26.1 Å². The van der Waals surface area contributed by atoms with Gasteiger partial charge in [-0.1, -0.05) is 29.4 Å². The summed E-state index contributed by atoms with van der Waals surface area (Å²) >= 11 is 7.84. The number of hydrogen-bond acceptors (Lipinski definition) is 5. The van der Waals surface area contributed by atoms with Gasteiger partial charge in [0, 0.05) is 11.6 Å². The molecule has 0 radical (unpaired) electrons. The fourth-order valence-corrected chi connectivity index (χ4v) is 5.98. The maximum atomic E-state index is 9.36. The van der Waals surface area contributed by atoms with Gasteiger partial charge < -0.3 is 14.0 Å². The molecule has 0 N–H and O–H groups in total. The molecule has 2 heterocycles. The highest BCUT2D eigenvalue weighted by Gasteiger charge is 2.47. The molecule has 4 rings (SSSR count). The van der Waals surface area contributed by atoms with Gasteiger partial charge in [-0.15, -0.1) is 0 Å². The number of nitrogens with zero attached hydrogens (tertiary/aromatic N) is 4. The van der Waals surface area contributed by atoms with Gasteiger partial charge in [-0.2, -0.15) is 15.2 Å². The summed E-state index contributed by atoms with van der Waals surface area (Å²) in [6.45, 7) is 9.30. The van der Waals surface area contributed by atoms with Gasteiger partial charge in [-0.3, -0.25) is 0 Å². The van der Waals surface area contributed by atoms with Gasteiger partial charge in [-0.25, -0.2) is 0 Å². The lowest BCUT2D eigenvalue weighted by atomic mass is 9.85. The molecular weight excluding hydrogens is 432 g/mol. The molecular formula is C23H27ClN4O2S. The summed E-state index contributed by atoms with van der Waals surface area (Å²) in [5.41, 5.74) is 0.934. The van der Waals surface area contributed by atoms with E-state index in [9.17, 15) is 5.26 Å². The lowest BCUT2D eigenvalue weighted by Gasteiger charge is -2.29. The van der Waals surface area contributed by atoms with E-state index in [1.807, 2.05) is 6.19 Å². The number of halogens is 1. The second-order valence-corrected chi connectivity index (χ2v) is 10.5. The van der Waals surface area contributed by atoms with Crippen molar-refractivity contribution in [3.05, 3.63) is 44.2 Å². The largest absolute Gasteiger partial charge is 0.496 e. The molecule has 8 heteroatoms. The summed E-state index contributed by atoms with van der Waals surface area (Å²) in [5.74, 6) is 1.50. The van der Waals surface area contributed by atoms with Crippen LogP contribution < -0.4 is 9.54 Å². The van der Waals surface area contributed by atoms with Crippen LogP contribution in [0.4, 0.5) is 0 Å². The molecule has 1 aliphatic heterocycles. The number of fused-ring (bicyclic) bond motifs is 1. The zero-order chi connectivity index (χ0) is 22.4. The molecule has 0 unspecified atom stereocenters. The van der Waals surface area contributed by atoms with E-state index in [0.717, 1.165) is 11.3 Å². The Kier molecular flexibility index (Phi) is 5.76. The van der Waals surface area contributed by atoms with E-state index < -0.39 is 11.2 Å². The number of hydrogen-bond donors (Lipinski definition) is 0. The number of amidine groups is 1. The van der Waals surface area contributed by atoms with Crippen LogP contribution >= 0.6 is 22.9 Å². The number of benzene rings is 1. The molecule has 1 aliphatic carbocycles. The Balaban J connectivity index is 1.93. The van der Waals surface area contributed by atoms with Crippen molar-refractivity contribution in [2.75, 3.05) is 7.11 Å². The summed E-state index contributed by atoms with van der Waals surface area (Å²) in [5, 5.41) is 9.89. The van der Waals surface area contributed by atoms with Gasteiger partial charge in [0.25, 0.3) is 0 Å². The van der Waals surface area contributed by atoms with Crippen LogP contribution in [0, 0.1) is 17.4 Å². The first kappa shape index (κ1) is 22.1. The van der Waals surface area contributed by atoms with Crippen LogP contribution in [-0.4, -0.2) is 17.5 Å². The Labute approximate surface area is 191 Å². The van der Waals surface area contributed by atoms with E-state index >= 15 is 0 Å². The van der Waals surface area contributed by atoms with Crippen LogP contribution in [0.15, 0.2) is 28.2 Å². The Hall–Kier alpha value is -2.14. The standard InChI is InChI=1S/C23H27ClN4O2S/c1-22(2)18-19(23(3,4)30-22)31-21(28(18)12-14-7-6-8-14)27-20(26-13-25)16-11-15(24)9-10-17(16)29-5/h9-11,14H,6-8,12H2,1-5H3/b26-20?,27-21-. The second kappa shape index (κ2) is 8.09. The van der Waals surface area contributed by atoms with Gasteiger partial charge in [0.2, 0.25) is 6.19 Å². The molecule has 2 aliphatic rings. The lowest BCUT2D eigenvalue weighted by Crippen LogP contribution is -2.32. The maximum Gasteiger partial charge on any atom is 0.207 e. The number of aliphatic imine (C=N–C) groups is 1. The first-order chi connectivity index (χ1) is 14.7. The average Bonchev–Trinajstić information content (AvgIpc) is 3.11. The molecule has 1 saturated carbocycles. The van der Waals surface area contributed by atoms with Gasteiger partial charge in [0.05, 0.1) is 28.8 Å². The number of thiazole rings is 1. The van der Waals surface area contributed by atoms with Crippen molar-refractivity contribution in [3.63, 3.8) is 0 Å². The Morgan fingerprint density at radius 3 is 2.68 bits per heavy atom. The fourth-order valence-electron chi connectivity index (χ4n) is 4.48. The van der Waals surface area contributed by atoms with E-state index in [0.29, 0.717) is 28.1 Å². The van der Waals surface area contributed by atoms with Crippen molar-refractivity contribution in [1.82, 2.24) is 4.57 Å². The van der Waals surface area contributed by atoms with E-state index in [2.05, 4.69) is 37.3 Å². The summed E-state index contributed by atoms with van der Waals surface area (Å²) in [4.78, 5) is 10.9. The van der Waals surface area contributed by atoms with Crippen LogP contribution in [0.2, 0.25) is 5.02 Å². The van der Waals surface area contributed by atoms with Gasteiger partial charge >= 0.3 is 0 Å². The number of ether oxygens (including phenoxy) is 2. The molecule has 0 bridgehead atoms. The van der Waals surface area contributed by atoms with E-state index in [-0.39, 0.29) is 0 Å². The zero-order valence-electron chi connectivity index (χ0n) is 18.5. The second-order valence-electron chi connectivity index (χ2n) is 9.08. The SMILES string of the molecule is COc1ccc(Cl)cc1C(=NC#N)/N=c1\sc2c(n1CC1CCC1)C(C)(C)OC2(C)C. The molecule has 31 heavy (non-hydrogen) atoms. The molecule has 2 aromatic rings. The number of rotatable bonds is 4. The van der Waals surface area contributed by atoms with Gasteiger partial charge in [0.15, 0.2) is 10.6 Å². The summed E-state index contributed by atoms with van der Waals surface area (Å²) in [6, 6.07) is 5.23. The number of nitriles is 1. The average molecular weight is 459 g/mol. The van der Waals surface area contributed by atoms with Crippen LogP contribution in [0.3, 0.4) is 0 Å². The summed E-state index contributed by atoms with van der Waals surface area (Å²) in [7, 11) is 1.58. The predicted octanol–water partition coefficient (Wildman–Crippen LogP) is 5.34. The van der Waals surface area contributed by atoms with Gasteiger partial charge in [-0.05, 0) is 64.7 Å². The molecule has 0 saturated heterocycles. The Morgan fingerprint density at radius 1 is 1.32 bits per heavy atom. The molecule has 0 amide bonds. The smallest absolute Gasteiger partial charge is 0.207 e. The molecule has 0 atom stereocenters. The van der Waals surface area contributed by atoms with Crippen LogP contribution in [0.5, 0.6) is 5.75 Å². The summed E-state index contributed by atoms with van der Waals surface area (Å²) in [6.07, 6.45) is 5.61. The van der Waals surface area contributed by atoms with Crippen molar-refractivity contribution < 1.29 is 9.47 Å². The highest BCUT2D eigenvalue weighted by Crippen LogP contribution is 2.48. The zero-order valence-corrected chi connectivity index (χ0v) is 20.1. The fraction of sp³-hybridized carbons (Fsp3) is 0.522. The summed E-state index contributed by atoms with van der Waals surface area (Å²) < 4.78 is 14.2. The predicted molar refractivity (Wildman–Crippen MR) is 123 cm³/mol. The van der Waals surface area contributed by atoms with Crippen molar-refractivity contribution in [1.29, 1.82) is 5.26 Å².